The van der Waals surface area contributed by atoms with Crippen LogP contribution >= 0.6 is 0 Å². The van der Waals surface area contributed by atoms with E-state index >= 15 is 0 Å². The molecule has 0 unspecified atom stereocenters. The first kappa shape index (κ1) is 14.1. The first-order valence-electron chi connectivity index (χ1n) is 8.20. The molecular formula is C20H20N2O. The summed E-state index contributed by atoms with van der Waals surface area (Å²) in [7, 11) is 0. The topological polar surface area (TPSA) is 32.3 Å². The van der Waals surface area contributed by atoms with Crippen molar-refractivity contribution in [1.29, 1.82) is 0 Å². The van der Waals surface area contributed by atoms with Crippen molar-refractivity contribution in [3.05, 3.63) is 59.2 Å². The van der Waals surface area contributed by atoms with Gasteiger partial charge in [-0.25, -0.2) is 0 Å². The second kappa shape index (κ2) is 5.58. The van der Waals surface area contributed by atoms with Crippen LogP contribution in [0.4, 0.5) is 11.4 Å². The molecule has 1 amide bonds. The zero-order valence-electron chi connectivity index (χ0n) is 13.3. The monoisotopic (exact) mass is 304 g/mol. The van der Waals surface area contributed by atoms with Gasteiger partial charge in [-0.15, -0.1) is 0 Å². The van der Waals surface area contributed by atoms with E-state index in [0.29, 0.717) is 0 Å². The van der Waals surface area contributed by atoms with Crippen LogP contribution in [0.25, 0.3) is 11.6 Å². The molecule has 3 heteroatoms. The Hall–Kier alpha value is -2.55. The molecule has 0 bridgehead atoms. The predicted molar refractivity (Wildman–Crippen MR) is 95.6 cm³/mol. The molecule has 0 saturated carbocycles. The number of carbonyl (C=O) groups excluding carboxylic acids is 1. The second-order valence-electron chi connectivity index (χ2n) is 6.30. The van der Waals surface area contributed by atoms with E-state index in [1.165, 1.54) is 24.1 Å². The Morgan fingerprint density at radius 1 is 1.09 bits per heavy atom. The number of benzene rings is 2. The summed E-state index contributed by atoms with van der Waals surface area (Å²) in [6, 6.07) is 14.3. The number of nitrogens with one attached hydrogen (secondary N) is 1. The highest BCUT2D eigenvalue weighted by molar-refractivity contribution is 6.34. The Morgan fingerprint density at radius 2 is 1.87 bits per heavy atom. The molecule has 2 aliphatic rings. The molecule has 2 heterocycles. The van der Waals surface area contributed by atoms with Crippen molar-refractivity contribution < 1.29 is 4.79 Å². The molecule has 0 aromatic heterocycles. The number of aryl methyl sites for hydroxylation is 1. The van der Waals surface area contributed by atoms with Crippen LogP contribution in [0.2, 0.25) is 0 Å². The molecule has 1 saturated heterocycles. The van der Waals surface area contributed by atoms with Crippen LogP contribution in [0.15, 0.2) is 42.5 Å². The highest BCUT2D eigenvalue weighted by Gasteiger charge is 2.23. The lowest BCUT2D eigenvalue weighted by Crippen LogP contribution is -2.18. The van der Waals surface area contributed by atoms with Gasteiger partial charge in [0.2, 0.25) is 0 Å². The zero-order valence-corrected chi connectivity index (χ0v) is 13.3. The molecule has 23 heavy (non-hydrogen) atoms. The highest BCUT2D eigenvalue weighted by Crippen LogP contribution is 2.33. The Bertz CT molecular complexity index is 801. The lowest BCUT2D eigenvalue weighted by Gasteiger charge is -2.20. The maximum atomic E-state index is 12.2. The summed E-state index contributed by atoms with van der Waals surface area (Å²) in [4.78, 5) is 14.7. The minimum absolute atomic E-state index is 0.0209. The van der Waals surface area contributed by atoms with Gasteiger partial charge in [0.15, 0.2) is 0 Å². The fraction of sp³-hybridized carbons (Fsp3) is 0.250. The van der Waals surface area contributed by atoms with Gasteiger partial charge in [0.1, 0.15) is 0 Å². The SMILES string of the molecule is Cc1cc(C=C2C(=O)Nc3ccccc32)ccc1N1CCCC1. The Morgan fingerprint density at radius 3 is 2.65 bits per heavy atom. The molecule has 2 aromatic carbocycles. The van der Waals surface area contributed by atoms with Crippen molar-refractivity contribution in [2.24, 2.45) is 0 Å². The van der Waals surface area contributed by atoms with Gasteiger partial charge in [-0.1, -0.05) is 24.3 Å². The average molecular weight is 304 g/mol. The van der Waals surface area contributed by atoms with Gasteiger partial charge in [-0.3, -0.25) is 4.79 Å². The molecule has 3 nitrogen and oxygen atoms in total. The standard InChI is InChI=1S/C20H20N2O/c1-14-12-15(8-9-19(14)22-10-4-5-11-22)13-17-16-6-2-3-7-18(16)21-20(17)23/h2-3,6-9,12-13H,4-5,10-11H2,1H3,(H,21,23). The Kier molecular flexibility index (Phi) is 3.41. The smallest absolute Gasteiger partial charge is 0.256 e. The third-order valence-electron chi connectivity index (χ3n) is 4.69. The molecule has 2 aliphatic heterocycles. The zero-order chi connectivity index (χ0) is 15.8. The molecule has 116 valence electrons. The number of amides is 1. The number of hydrogen-bond acceptors (Lipinski definition) is 2. The van der Waals surface area contributed by atoms with Gasteiger partial charge in [0, 0.05) is 35.6 Å². The number of para-hydroxylation sites is 1. The van der Waals surface area contributed by atoms with Crippen LogP contribution in [0.5, 0.6) is 0 Å². The summed E-state index contributed by atoms with van der Waals surface area (Å²) in [6.07, 6.45) is 4.55. The fourth-order valence-electron chi connectivity index (χ4n) is 3.53. The first-order valence-corrected chi connectivity index (χ1v) is 8.20. The van der Waals surface area contributed by atoms with E-state index in [0.717, 1.165) is 35.5 Å². The van der Waals surface area contributed by atoms with Gasteiger partial charge in [-0.2, -0.15) is 0 Å². The Labute approximate surface area is 136 Å². The first-order chi connectivity index (χ1) is 11.2. The maximum absolute atomic E-state index is 12.2. The van der Waals surface area contributed by atoms with Crippen LogP contribution < -0.4 is 10.2 Å². The maximum Gasteiger partial charge on any atom is 0.256 e. The van der Waals surface area contributed by atoms with Gasteiger partial charge in [0.25, 0.3) is 5.91 Å². The minimum Gasteiger partial charge on any atom is -0.371 e. The molecule has 0 spiro atoms. The van der Waals surface area contributed by atoms with Gasteiger partial charge in [0.05, 0.1) is 0 Å². The van der Waals surface area contributed by atoms with Gasteiger partial charge in [-0.05, 0) is 55.2 Å². The van der Waals surface area contributed by atoms with E-state index in [2.05, 4.69) is 35.3 Å². The average Bonchev–Trinajstić information content (AvgIpc) is 3.17. The van der Waals surface area contributed by atoms with E-state index in [9.17, 15) is 4.79 Å². The van der Waals surface area contributed by atoms with Gasteiger partial charge >= 0.3 is 0 Å². The van der Waals surface area contributed by atoms with E-state index < -0.39 is 0 Å². The molecule has 4 rings (SSSR count). The van der Waals surface area contributed by atoms with Crippen LogP contribution in [-0.4, -0.2) is 19.0 Å². The van der Waals surface area contributed by atoms with Crippen molar-refractivity contribution in [2.75, 3.05) is 23.3 Å². The van der Waals surface area contributed by atoms with E-state index in [-0.39, 0.29) is 5.91 Å². The molecule has 1 N–H and O–H groups in total. The summed E-state index contributed by atoms with van der Waals surface area (Å²) < 4.78 is 0. The quantitative estimate of drug-likeness (QED) is 0.848. The third-order valence-corrected chi connectivity index (χ3v) is 4.69. The summed E-state index contributed by atoms with van der Waals surface area (Å²) in [6.45, 7) is 4.45. The predicted octanol–water partition coefficient (Wildman–Crippen LogP) is 4.09. The van der Waals surface area contributed by atoms with Crippen LogP contribution in [-0.2, 0) is 4.79 Å². The summed E-state index contributed by atoms with van der Waals surface area (Å²) >= 11 is 0. The van der Waals surface area contributed by atoms with E-state index in [1.807, 2.05) is 30.3 Å². The lowest BCUT2D eigenvalue weighted by molar-refractivity contribution is -0.110. The Balaban J connectivity index is 1.69. The summed E-state index contributed by atoms with van der Waals surface area (Å²) in [5.74, 6) is -0.0209. The molecule has 2 aromatic rings. The van der Waals surface area contributed by atoms with Crippen LogP contribution in [0.3, 0.4) is 0 Å². The van der Waals surface area contributed by atoms with Crippen LogP contribution in [0.1, 0.15) is 29.5 Å². The highest BCUT2D eigenvalue weighted by atomic mass is 16.2. The molecule has 0 radical (unpaired) electrons. The number of anilines is 2. The summed E-state index contributed by atoms with van der Waals surface area (Å²) in [5, 5.41) is 2.92. The van der Waals surface area contributed by atoms with E-state index in [4.69, 9.17) is 0 Å². The molecule has 0 aliphatic carbocycles. The molecular weight excluding hydrogens is 284 g/mol. The molecule has 0 atom stereocenters. The van der Waals surface area contributed by atoms with Crippen molar-refractivity contribution in [2.45, 2.75) is 19.8 Å². The second-order valence-corrected chi connectivity index (χ2v) is 6.30. The third kappa shape index (κ3) is 2.52. The van der Waals surface area contributed by atoms with Crippen molar-refractivity contribution in [3.8, 4) is 0 Å². The number of rotatable bonds is 2. The number of nitrogens with zero attached hydrogens (tertiary/aromatic N) is 1. The normalized spacial score (nSPS) is 18.4. The van der Waals surface area contributed by atoms with Crippen LogP contribution in [0, 0.1) is 6.92 Å². The molecule has 1 fully saturated rings. The minimum atomic E-state index is -0.0209. The number of hydrogen-bond donors (Lipinski definition) is 1. The largest absolute Gasteiger partial charge is 0.371 e. The summed E-state index contributed by atoms with van der Waals surface area (Å²) in [5.41, 5.74) is 6.29. The van der Waals surface area contributed by atoms with Crippen molar-refractivity contribution in [3.63, 3.8) is 0 Å². The lowest BCUT2D eigenvalue weighted by atomic mass is 10.0. The van der Waals surface area contributed by atoms with E-state index in [1.54, 1.807) is 0 Å². The fourth-order valence-corrected chi connectivity index (χ4v) is 3.53. The van der Waals surface area contributed by atoms with Gasteiger partial charge < -0.3 is 10.2 Å². The number of carbonyl (C=O) groups is 1. The van der Waals surface area contributed by atoms with Crippen molar-refractivity contribution in [1.82, 2.24) is 0 Å². The number of fused-ring (bicyclic) bond motifs is 1. The van der Waals surface area contributed by atoms with Crippen molar-refractivity contribution >= 4 is 28.9 Å².